The maximum absolute atomic E-state index is 11.9. The molecule has 0 aliphatic rings. The third kappa shape index (κ3) is 34.5. The van der Waals surface area contributed by atoms with Gasteiger partial charge >= 0.3 is 13.8 Å². The van der Waals surface area contributed by atoms with E-state index in [1.54, 1.807) is 0 Å². The van der Waals surface area contributed by atoms with E-state index in [1.807, 2.05) is 6.08 Å². The van der Waals surface area contributed by atoms with E-state index in [4.69, 9.17) is 13.8 Å². The van der Waals surface area contributed by atoms with E-state index in [-0.39, 0.29) is 32.1 Å². The maximum atomic E-state index is 11.9. The summed E-state index contributed by atoms with van der Waals surface area (Å²) >= 11 is 0. The number of ether oxygens (including phenoxy) is 1. The molecule has 0 aromatic carbocycles. The number of amides is 1. The maximum Gasteiger partial charge on any atom is 0.472 e. The Morgan fingerprint density at radius 3 is 1.71 bits per heavy atom. The molecule has 0 spiro atoms. The number of aliphatic hydroxyl groups is 1. The molecule has 2 atom stereocenters. The third-order valence-electron chi connectivity index (χ3n) is 6.59. The quantitative estimate of drug-likeness (QED) is 0.0284. The zero-order valence-electron chi connectivity index (χ0n) is 29.4. The first-order valence-electron chi connectivity index (χ1n) is 17.6. The fourth-order valence-electron chi connectivity index (χ4n) is 3.95. The van der Waals surface area contributed by atoms with E-state index in [2.05, 4.69) is 98.2 Å². The average Bonchev–Trinajstić information content (AvgIpc) is 3.07. The highest BCUT2D eigenvalue weighted by atomic mass is 31.2. The molecule has 272 valence electrons. The number of unbranched alkanes of at least 4 members (excludes halogenated alkanes) is 4. The lowest BCUT2D eigenvalue weighted by molar-refractivity contribution is -0.147. The van der Waals surface area contributed by atoms with Crippen molar-refractivity contribution in [3.8, 4) is 0 Å². The van der Waals surface area contributed by atoms with E-state index < -0.39 is 26.5 Å². The van der Waals surface area contributed by atoms with Gasteiger partial charge in [-0.2, -0.15) is 0 Å². The minimum Gasteiger partial charge on any atom is -0.463 e. The fraction of sp³-hybridized carbons (Fsp3) is 0.579. The predicted molar refractivity (Wildman–Crippen MR) is 196 cm³/mol. The van der Waals surface area contributed by atoms with Gasteiger partial charge < -0.3 is 20.1 Å². The van der Waals surface area contributed by atoms with Crippen molar-refractivity contribution in [2.45, 2.75) is 116 Å². The summed E-state index contributed by atoms with van der Waals surface area (Å²) in [7, 11) is -4.41. The molecule has 0 bridgehead atoms. The lowest BCUT2D eigenvalue weighted by Crippen LogP contribution is -2.27. The summed E-state index contributed by atoms with van der Waals surface area (Å²) in [5, 5.41) is 12.5. The zero-order chi connectivity index (χ0) is 35.4. The van der Waals surface area contributed by atoms with Crippen molar-refractivity contribution in [1.82, 2.24) is 5.32 Å². The van der Waals surface area contributed by atoms with Crippen LogP contribution in [0.2, 0.25) is 0 Å². The molecule has 0 fully saturated rings. The van der Waals surface area contributed by atoms with Crippen LogP contribution < -0.4 is 5.32 Å². The fourth-order valence-corrected chi connectivity index (χ4v) is 4.71. The number of rotatable bonds is 31. The number of hydrogen-bond acceptors (Lipinski definition) is 7. The Kier molecular flexibility index (Phi) is 32.1. The number of allylic oxidation sites excluding steroid dienone is 14. The SMILES string of the molecule is CC/C=C\C/C=C\C/C=C\C/C=C\C/C=C\C/C=C\C/C=C\CCCC(=O)OCC(O)COP(=O)(O)OCCNC(=O)CCCCCC. The largest absolute Gasteiger partial charge is 0.472 e. The summed E-state index contributed by atoms with van der Waals surface area (Å²) in [6.45, 7) is 3.20. The van der Waals surface area contributed by atoms with E-state index in [0.29, 0.717) is 12.8 Å². The van der Waals surface area contributed by atoms with Crippen molar-refractivity contribution in [1.29, 1.82) is 0 Å². The summed E-state index contributed by atoms with van der Waals surface area (Å²) in [5.74, 6) is -0.606. The van der Waals surface area contributed by atoms with Gasteiger partial charge in [-0.05, 0) is 64.2 Å². The second-order valence-electron chi connectivity index (χ2n) is 11.1. The van der Waals surface area contributed by atoms with Crippen LogP contribution in [0.15, 0.2) is 85.1 Å². The molecule has 1 amide bonds. The summed E-state index contributed by atoms with van der Waals surface area (Å²) in [6.07, 6.45) is 41.5. The van der Waals surface area contributed by atoms with Crippen LogP contribution in [0.3, 0.4) is 0 Å². The number of carbonyl (C=O) groups excluding carboxylic acids is 2. The van der Waals surface area contributed by atoms with Crippen molar-refractivity contribution >= 4 is 19.7 Å². The van der Waals surface area contributed by atoms with Crippen LogP contribution in [0.25, 0.3) is 0 Å². The van der Waals surface area contributed by atoms with Crippen LogP contribution in [-0.2, 0) is 27.9 Å². The van der Waals surface area contributed by atoms with E-state index in [9.17, 15) is 24.2 Å². The van der Waals surface area contributed by atoms with Crippen molar-refractivity contribution in [3.63, 3.8) is 0 Å². The number of phosphoric acid groups is 1. The molecule has 9 nitrogen and oxygen atoms in total. The number of nitrogens with one attached hydrogen (secondary N) is 1. The number of phosphoric ester groups is 1. The van der Waals surface area contributed by atoms with Gasteiger partial charge in [0.15, 0.2) is 0 Å². The van der Waals surface area contributed by atoms with Crippen molar-refractivity contribution in [2.24, 2.45) is 0 Å². The highest BCUT2D eigenvalue weighted by Crippen LogP contribution is 2.42. The molecule has 0 saturated heterocycles. The molecular formula is C38H62NO8P. The summed E-state index contributed by atoms with van der Waals surface area (Å²) in [5.41, 5.74) is 0. The minimum absolute atomic E-state index is 0.0678. The monoisotopic (exact) mass is 691 g/mol. The van der Waals surface area contributed by atoms with Gasteiger partial charge in [-0.25, -0.2) is 4.57 Å². The minimum atomic E-state index is -4.41. The molecule has 0 rings (SSSR count). The Morgan fingerprint density at radius 2 is 1.19 bits per heavy atom. The standard InChI is InChI=1S/C38H62NO8P/c1-3-5-7-9-10-11-12-13-14-15-16-17-18-19-20-21-22-23-24-25-26-27-29-31-38(42)45-34-36(40)35-47-48(43,44)46-33-32-39-37(41)30-28-8-6-4-2/h5,7,10-11,13-14,16-17,19-20,22-23,25-26,36,40H,3-4,6,8-9,12,15,18,21,24,27-35H2,1-2H3,(H,39,41)(H,43,44)/b7-5-,11-10-,14-13-,17-16-,20-19-,23-22-,26-25-. The first kappa shape index (κ1) is 45.2. The molecule has 0 aromatic heterocycles. The van der Waals surface area contributed by atoms with Crippen LogP contribution in [0.4, 0.5) is 0 Å². The second-order valence-corrected chi connectivity index (χ2v) is 12.6. The van der Waals surface area contributed by atoms with Crippen LogP contribution in [0, 0.1) is 0 Å². The number of esters is 1. The lowest BCUT2D eigenvalue weighted by Gasteiger charge is -2.15. The Hall–Kier alpha value is -2.81. The molecule has 2 unspecified atom stereocenters. The van der Waals surface area contributed by atoms with E-state index in [0.717, 1.165) is 77.0 Å². The van der Waals surface area contributed by atoms with Crippen molar-refractivity contribution in [3.05, 3.63) is 85.1 Å². The Bertz CT molecular complexity index is 1060. The Balaban J connectivity index is 3.77. The van der Waals surface area contributed by atoms with E-state index >= 15 is 0 Å². The van der Waals surface area contributed by atoms with Gasteiger partial charge in [0.05, 0.1) is 13.2 Å². The molecule has 48 heavy (non-hydrogen) atoms. The third-order valence-corrected chi connectivity index (χ3v) is 7.57. The predicted octanol–water partition coefficient (Wildman–Crippen LogP) is 8.93. The molecule has 0 aromatic rings. The lowest BCUT2D eigenvalue weighted by atomic mass is 10.1. The summed E-state index contributed by atoms with van der Waals surface area (Å²) in [6, 6.07) is 0. The normalized spacial score (nSPS) is 14.5. The van der Waals surface area contributed by atoms with Crippen LogP contribution in [0.5, 0.6) is 0 Å². The van der Waals surface area contributed by atoms with Gasteiger partial charge in [-0.1, -0.05) is 118 Å². The Morgan fingerprint density at radius 1 is 0.667 bits per heavy atom. The summed E-state index contributed by atoms with van der Waals surface area (Å²) in [4.78, 5) is 33.3. The van der Waals surface area contributed by atoms with Gasteiger partial charge in [-0.3, -0.25) is 18.6 Å². The van der Waals surface area contributed by atoms with Crippen LogP contribution in [0.1, 0.15) is 110 Å². The van der Waals surface area contributed by atoms with Gasteiger partial charge in [0.2, 0.25) is 5.91 Å². The molecule has 3 N–H and O–H groups in total. The topological polar surface area (TPSA) is 131 Å². The number of aliphatic hydroxyl groups excluding tert-OH is 1. The Labute approximate surface area is 290 Å². The van der Waals surface area contributed by atoms with Crippen LogP contribution >= 0.6 is 7.82 Å². The zero-order valence-corrected chi connectivity index (χ0v) is 30.3. The molecule has 0 saturated carbocycles. The molecular weight excluding hydrogens is 629 g/mol. The summed E-state index contributed by atoms with van der Waals surface area (Å²) < 4.78 is 26.5. The van der Waals surface area contributed by atoms with Crippen molar-refractivity contribution in [2.75, 3.05) is 26.4 Å². The average molecular weight is 692 g/mol. The first-order valence-corrected chi connectivity index (χ1v) is 19.1. The first-order chi connectivity index (χ1) is 23.3. The van der Waals surface area contributed by atoms with Gasteiger partial charge in [0.1, 0.15) is 12.7 Å². The highest BCUT2D eigenvalue weighted by molar-refractivity contribution is 7.47. The van der Waals surface area contributed by atoms with E-state index in [1.165, 1.54) is 0 Å². The van der Waals surface area contributed by atoms with Crippen molar-refractivity contribution < 1.29 is 37.9 Å². The molecule has 0 radical (unpaired) electrons. The van der Waals surface area contributed by atoms with Gasteiger partial charge in [0.25, 0.3) is 0 Å². The molecule has 10 heteroatoms. The van der Waals surface area contributed by atoms with Gasteiger partial charge in [-0.15, -0.1) is 0 Å². The van der Waals surface area contributed by atoms with Gasteiger partial charge in [0, 0.05) is 19.4 Å². The number of carbonyl (C=O) groups is 2. The molecule has 0 heterocycles. The molecule has 0 aliphatic heterocycles. The smallest absolute Gasteiger partial charge is 0.463 e. The number of hydrogen-bond donors (Lipinski definition) is 3. The second kappa shape index (κ2) is 34.1. The van der Waals surface area contributed by atoms with Crippen LogP contribution in [-0.4, -0.2) is 54.3 Å². The highest BCUT2D eigenvalue weighted by Gasteiger charge is 2.23. The molecule has 0 aliphatic carbocycles.